The third kappa shape index (κ3) is 3.69. The number of aryl methyl sites for hydroxylation is 2. The van der Waals surface area contributed by atoms with Gasteiger partial charge in [-0.25, -0.2) is 0 Å². The van der Waals surface area contributed by atoms with E-state index in [1.54, 1.807) is 11.3 Å². The van der Waals surface area contributed by atoms with Crippen molar-refractivity contribution >= 4 is 43.2 Å². The Morgan fingerprint density at radius 1 is 1.16 bits per heavy atom. The van der Waals surface area contributed by atoms with Crippen LogP contribution in [0.1, 0.15) is 27.6 Å². The summed E-state index contributed by atoms with van der Waals surface area (Å²) in [7, 11) is 2.03. The van der Waals surface area contributed by atoms with E-state index in [1.165, 1.54) is 30.5 Å². The molecule has 2 rings (SSSR count). The fraction of sp³-hybridized carbons (Fsp3) is 0.333. The van der Waals surface area contributed by atoms with Crippen LogP contribution in [0.4, 0.5) is 0 Å². The lowest BCUT2D eigenvalue weighted by atomic mass is 9.99. The van der Waals surface area contributed by atoms with Crippen molar-refractivity contribution in [3.63, 3.8) is 0 Å². The molecule has 102 valence electrons. The van der Waals surface area contributed by atoms with Crippen LogP contribution in [0.15, 0.2) is 32.5 Å². The molecule has 0 aliphatic carbocycles. The molecule has 0 aliphatic rings. The third-order valence-electron chi connectivity index (χ3n) is 3.24. The molecule has 0 bridgehead atoms. The number of nitrogens with one attached hydrogen (secondary N) is 1. The fourth-order valence-electron chi connectivity index (χ4n) is 2.23. The molecule has 19 heavy (non-hydrogen) atoms. The Labute approximate surface area is 135 Å². The number of likely N-dealkylation sites (N-methyl/N-ethyl adjacent to an activating group) is 1. The van der Waals surface area contributed by atoms with Crippen LogP contribution in [0.3, 0.4) is 0 Å². The Kier molecular flexibility index (Phi) is 5.23. The normalized spacial score (nSPS) is 12.7. The number of thiophene rings is 1. The van der Waals surface area contributed by atoms with Gasteiger partial charge >= 0.3 is 0 Å². The van der Waals surface area contributed by atoms with Gasteiger partial charge in [0.15, 0.2) is 0 Å². The molecule has 1 aromatic heterocycles. The van der Waals surface area contributed by atoms with Gasteiger partial charge in [0.2, 0.25) is 0 Å². The van der Waals surface area contributed by atoms with Gasteiger partial charge in [-0.1, -0.05) is 28.1 Å². The molecule has 1 unspecified atom stereocenters. The maximum Gasteiger partial charge on any atom is 0.0366 e. The van der Waals surface area contributed by atoms with E-state index in [-0.39, 0.29) is 0 Å². The lowest BCUT2D eigenvalue weighted by molar-refractivity contribution is 0.595. The highest BCUT2D eigenvalue weighted by molar-refractivity contribution is 9.10. The smallest absolute Gasteiger partial charge is 0.0366 e. The van der Waals surface area contributed by atoms with Crippen LogP contribution in [0.2, 0.25) is 0 Å². The zero-order valence-corrected chi connectivity index (χ0v) is 15.2. The number of hydrogen-bond donors (Lipinski definition) is 1. The minimum absolute atomic E-state index is 0.357. The second kappa shape index (κ2) is 6.53. The van der Waals surface area contributed by atoms with Crippen molar-refractivity contribution < 1.29 is 0 Å². The highest BCUT2D eigenvalue weighted by Crippen LogP contribution is 2.29. The molecule has 4 heteroatoms. The molecule has 1 N–H and O–H groups in total. The number of hydrogen-bond acceptors (Lipinski definition) is 2. The molecule has 0 fully saturated rings. The predicted molar refractivity (Wildman–Crippen MR) is 91.1 cm³/mol. The zero-order chi connectivity index (χ0) is 14.0. The standard InChI is InChI=1S/C15H17Br2NS/c1-9-4-11(5-10(2)15(9)17)14(18-3)7-13-6-12(16)8-19-13/h4-6,8,14,18H,7H2,1-3H3. The summed E-state index contributed by atoms with van der Waals surface area (Å²) in [5, 5.41) is 5.57. The summed E-state index contributed by atoms with van der Waals surface area (Å²) >= 11 is 8.95. The summed E-state index contributed by atoms with van der Waals surface area (Å²) in [6.07, 6.45) is 1.02. The first kappa shape index (κ1) is 15.2. The Bertz CT molecular complexity index is 554. The van der Waals surface area contributed by atoms with E-state index in [1.807, 2.05) is 7.05 Å². The van der Waals surface area contributed by atoms with Crippen molar-refractivity contribution in [2.45, 2.75) is 26.3 Å². The Morgan fingerprint density at radius 2 is 1.79 bits per heavy atom. The van der Waals surface area contributed by atoms with Crippen molar-refractivity contribution in [3.8, 4) is 0 Å². The monoisotopic (exact) mass is 401 g/mol. The van der Waals surface area contributed by atoms with Crippen LogP contribution in [-0.4, -0.2) is 7.05 Å². The van der Waals surface area contributed by atoms with Gasteiger partial charge in [-0.3, -0.25) is 0 Å². The topological polar surface area (TPSA) is 12.0 Å². The average Bonchev–Trinajstić information content (AvgIpc) is 2.78. The van der Waals surface area contributed by atoms with Gasteiger partial charge in [0, 0.05) is 31.7 Å². The van der Waals surface area contributed by atoms with Gasteiger partial charge < -0.3 is 5.32 Å². The van der Waals surface area contributed by atoms with E-state index < -0.39 is 0 Å². The van der Waals surface area contributed by atoms with E-state index in [9.17, 15) is 0 Å². The summed E-state index contributed by atoms with van der Waals surface area (Å²) in [6, 6.07) is 7.09. The maximum atomic E-state index is 3.63. The van der Waals surface area contributed by atoms with Crippen molar-refractivity contribution in [1.29, 1.82) is 0 Å². The highest BCUT2D eigenvalue weighted by Gasteiger charge is 2.13. The fourth-order valence-corrected chi connectivity index (χ4v) is 3.96. The number of benzene rings is 1. The van der Waals surface area contributed by atoms with E-state index in [2.05, 4.69) is 74.6 Å². The lowest BCUT2D eigenvalue weighted by Gasteiger charge is -2.18. The largest absolute Gasteiger partial charge is 0.313 e. The van der Waals surface area contributed by atoms with Gasteiger partial charge in [-0.05, 0) is 59.6 Å². The van der Waals surface area contributed by atoms with Crippen molar-refractivity contribution in [1.82, 2.24) is 5.32 Å². The summed E-state index contributed by atoms with van der Waals surface area (Å²) < 4.78 is 2.38. The van der Waals surface area contributed by atoms with Crippen molar-refractivity contribution in [2.75, 3.05) is 7.05 Å². The van der Waals surface area contributed by atoms with Crippen LogP contribution in [-0.2, 0) is 6.42 Å². The number of rotatable bonds is 4. The highest BCUT2D eigenvalue weighted by atomic mass is 79.9. The Hall–Kier alpha value is -0.160. The Balaban J connectivity index is 2.27. The van der Waals surface area contributed by atoms with Crippen LogP contribution in [0.5, 0.6) is 0 Å². The maximum absolute atomic E-state index is 3.63. The first-order chi connectivity index (χ1) is 9.01. The second-order valence-corrected chi connectivity index (χ2v) is 7.45. The van der Waals surface area contributed by atoms with Crippen LogP contribution >= 0.6 is 43.2 Å². The molecule has 2 aromatic rings. The molecule has 0 spiro atoms. The quantitative estimate of drug-likeness (QED) is 0.722. The first-order valence-corrected chi connectivity index (χ1v) is 8.64. The van der Waals surface area contributed by atoms with E-state index in [0.717, 1.165) is 6.42 Å². The summed E-state index contributed by atoms with van der Waals surface area (Å²) in [6.45, 7) is 4.30. The molecule has 0 radical (unpaired) electrons. The van der Waals surface area contributed by atoms with Crippen LogP contribution in [0, 0.1) is 13.8 Å². The second-order valence-electron chi connectivity index (χ2n) is 4.75. The lowest BCUT2D eigenvalue weighted by Crippen LogP contribution is -2.18. The molecule has 1 atom stereocenters. The zero-order valence-electron chi connectivity index (χ0n) is 11.3. The van der Waals surface area contributed by atoms with Gasteiger partial charge in [-0.2, -0.15) is 0 Å². The SMILES string of the molecule is CNC(Cc1cc(Br)cs1)c1cc(C)c(Br)c(C)c1. The molecule has 1 heterocycles. The van der Waals surface area contributed by atoms with E-state index >= 15 is 0 Å². The predicted octanol–water partition coefficient (Wildman–Crippen LogP) is 5.39. The minimum atomic E-state index is 0.357. The summed E-state index contributed by atoms with van der Waals surface area (Å²) in [5.74, 6) is 0. The van der Waals surface area contributed by atoms with Gasteiger partial charge in [-0.15, -0.1) is 11.3 Å². The van der Waals surface area contributed by atoms with Crippen LogP contribution < -0.4 is 5.32 Å². The van der Waals surface area contributed by atoms with E-state index in [4.69, 9.17) is 0 Å². The van der Waals surface area contributed by atoms with Gasteiger partial charge in [0.05, 0.1) is 0 Å². The summed E-state index contributed by atoms with van der Waals surface area (Å²) in [4.78, 5) is 1.39. The van der Waals surface area contributed by atoms with Gasteiger partial charge in [0.25, 0.3) is 0 Å². The molecule has 1 aromatic carbocycles. The Morgan fingerprint density at radius 3 is 2.26 bits per heavy atom. The molecule has 0 aliphatic heterocycles. The molecular formula is C15H17Br2NS. The van der Waals surface area contributed by atoms with Crippen molar-refractivity contribution in [3.05, 3.63) is 54.1 Å². The van der Waals surface area contributed by atoms with Crippen molar-refractivity contribution in [2.24, 2.45) is 0 Å². The van der Waals surface area contributed by atoms with E-state index in [0.29, 0.717) is 6.04 Å². The minimum Gasteiger partial charge on any atom is -0.313 e. The first-order valence-electron chi connectivity index (χ1n) is 6.18. The molecular weight excluding hydrogens is 386 g/mol. The molecule has 1 nitrogen and oxygen atoms in total. The molecule has 0 saturated carbocycles. The molecule has 0 saturated heterocycles. The number of halogens is 2. The van der Waals surface area contributed by atoms with Crippen LogP contribution in [0.25, 0.3) is 0 Å². The summed E-state index contributed by atoms with van der Waals surface area (Å²) in [5.41, 5.74) is 3.94. The molecule has 0 amide bonds. The average molecular weight is 403 g/mol. The van der Waals surface area contributed by atoms with Gasteiger partial charge in [0.1, 0.15) is 0 Å². The third-order valence-corrected chi connectivity index (χ3v) is 6.21.